The highest BCUT2D eigenvalue weighted by molar-refractivity contribution is 6.32. The molecule has 0 aliphatic carbocycles. The minimum Gasteiger partial charge on any atom is -0.312 e. The summed E-state index contributed by atoms with van der Waals surface area (Å²) in [5.41, 5.74) is 2.49. The van der Waals surface area contributed by atoms with Gasteiger partial charge in [-0.15, -0.1) is 0 Å². The molecular weight excluding hydrogens is 319 g/mol. The number of carbonyl (C=O) groups excluding carboxylic acids is 1. The average Bonchev–Trinajstić information content (AvgIpc) is 2.95. The first kappa shape index (κ1) is 15.1. The van der Waals surface area contributed by atoms with Gasteiger partial charge >= 0.3 is 0 Å². The quantitative estimate of drug-likeness (QED) is 0.782. The highest BCUT2D eigenvalue weighted by Gasteiger charge is 2.25. The highest BCUT2D eigenvalue weighted by atomic mass is 35.5. The van der Waals surface area contributed by atoms with Gasteiger partial charge in [-0.2, -0.15) is 0 Å². The lowest BCUT2D eigenvalue weighted by Crippen LogP contribution is -2.29. The van der Waals surface area contributed by atoms with Crippen molar-refractivity contribution in [3.05, 3.63) is 75.7 Å². The number of halogens is 2. The molecule has 3 nitrogen and oxygen atoms in total. The standard InChI is InChI=1S/C17H14Cl2N2O/c18-13-5-1-4-12(10-13)11-14-6-3-9-21(14)17(22)15-7-2-8-20-16(15)19/h1-2,4-8,10H,3,9,11H2. The number of allylic oxidation sites excluding steroid dienone is 1. The second-order valence-electron chi connectivity index (χ2n) is 5.09. The predicted molar refractivity (Wildman–Crippen MR) is 88.1 cm³/mol. The van der Waals surface area contributed by atoms with E-state index in [0.717, 1.165) is 17.7 Å². The largest absolute Gasteiger partial charge is 0.312 e. The Labute approximate surface area is 139 Å². The molecule has 22 heavy (non-hydrogen) atoms. The molecule has 1 amide bonds. The van der Waals surface area contributed by atoms with Crippen molar-refractivity contribution in [3.8, 4) is 0 Å². The maximum Gasteiger partial charge on any atom is 0.261 e. The molecule has 0 unspecified atom stereocenters. The van der Waals surface area contributed by atoms with Crippen molar-refractivity contribution in [2.75, 3.05) is 6.54 Å². The molecule has 1 aliphatic heterocycles. The van der Waals surface area contributed by atoms with Gasteiger partial charge < -0.3 is 4.90 Å². The van der Waals surface area contributed by atoms with E-state index in [2.05, 4.69) is 11.1 Å². The van der Waals surface area contributed by atoms with Gasteiger partial charge in [0.15, 0.2) is 0 Å². The zero-order chi connectivity index (χ0) is 15.5. The summed E-state index contributed by atoms with van der Waals surface area (Å²) in [4.78, 5) is 18.4. The van der Waals surface area contributed by atoms with Crippen molar-refractivity contribution < 1.29 is 4.79 Å². The van der Waals surface area contributed by atoms with Gasteiger partial charge in [0.2, 0.25) is 0 Å². The van der Waals surface area contributed by atoms with E-state index >= 15 is 0 Å². The van der Waals surface area contributed by atoms with Gasteiger partial charge in [-0.05, 0) is 36.2 Å². The Morgan fingerprint density at radius 2 is 2.09 bits per heavy atom. The summed E-state index contributed by atoms with van der Waals surface area (Å²) in [7, 11) is 0. The second-order valence-corrected chi connectivity index (χ2v) is 5.88. The lowest BCUT2D eigenvalue weighted by atomic mass is 10.1. The van der Waals surface area contributed by atoms with Crippen LogP contribution in [0.3, 0.4) is 0 Å². The minimum absolute atomic E-state index is 0.108. The van der Waals surface area contributed by atoms with E-state index in [4.69, 9.17) is 23.2 Å². The molecule has 2 aromatic rings. The van der Waals surface area contributed by atoms with E-state index in [1.165, 1.54) is 0 Å². The Morgan fingerprint density at radius 1 is 1.23 bits per heavy atom. The summed E-state index contributed by atoms with van der Waals surface area (Å²) in [5, 5.41) is 0.936. The number of benzene rings is 1. The molecule has 1 aliphatic rings. The van der Waals surface area contributed by atoms with Crippen molar-refractivity contribution in [1.29, 1.82) is 0 Å². The number of carbonyl (C=O) groups is 1. The zero-order valence-electron chi connectivity index (χ0n) is 11.8. The van der Waals surface area contributed by atoms with Crippen LogP contribution in [0, 0.1) is 0 Å². The monoisotopic (exact) mass is 332 g/mol. The summed E-state index contributed by atoms with van der Waals surface area (Å²) < 4.78 is 0. The van der Waals surface area contributed by atoms with Crippen LogP contribution in [0.5, 0.6) is 0 Å². The third kappa shape index (κ3) is 3.16. The molecule has 0 fully saturated rings. The van der Waals surface area contributed by atoms with Crippen LogP contribution in [0.1, 0.15) is 22.3 Å². The average molecular weight is 333 g/mol. The smallest absolute Gasteiger partial charge is 0.261 e. The van der Waals surface area contributed by atoms with Crippen LogP contribution in [0.15, 0.2) is 54.4 Å². The van der Waals surface area contributed by atoms with Crippen LogP contribution in [-0.2, 0) is 6.42 Å². The van der Waals surface area contributed by atoms with Crippen molar-refractivity contribution in [1.82, 2.24) is 9.88 Å². The molecule has 0 spiro atoms. The summed E-state index contributed by atoms with van der Waals surface area (Å²) in [6, 6.07) is 11.1. The summed E-state index contributed by atoms with van der Waals surface area (Å²) >= 11 is 12.1. The Hall–Kier alpha value is -1.84. The lowest BCUT2D eigenvalue weighted by Gasteiger charge is -2.21. The van der Waals surface area contributed by atoms with Crippen molar-refractivity contribution >= 4 is 29.1 Å². The SMILES string of the molecule is O=C(c1cccnc1Cl)N1CCC=C1Cc1cccc(Cl)c1. The molecule has 0 saturated heterocycles. The van der Waals surface area contributed by atoms with E-state index < -0.39 is 0 Å². The van der Waals surface area contributed by atoms with Gasteiger partial charge in [0.05, 0.1) is 5.56 Å². The number of amides is 1. The molecule has 0 bridgehead atoms. The molecule has 0 N–H and O–H groups in total. The van der Waals surface area contributed by atoms with E-state index in [-0.39, 0.29) is 11.1 Å². The molecule has 112 valence electrons. The van der Waals surface area contributed by atoms with Gasteiger partial charge in [0.1, 0.15) is 5.15 Å². The Balaban J connectivity index is 1.81. The van der Waals surface area contributed by atoms with Crippen LogP contribution < -0.4 is 0 Å². The van der Waals surface area contributed by atoms with Gasteiger partial charge in [-0.25, -0.2) is 4.98 Å². The van der Waals surface area contributed by atoms with Crippen LogP contribution in [0.2, 0.25) is 10.2 Å². The lowest BCUT2D eigenvalue weighted by molar-refractivity contribution is 0.0816. The number of pyridine rings is 1. The van der Waals surface area contributed by atoms with E-state index in [1.807, 2.05) is 24.3 Å². The van der Waals surface area contributed by atoms with Crippen LogP contribution in [0.25, 0.3) is 0 Å². The van der Waals surface area contributed by atoms with Crippen LogP contribution in [0.4, 0.5) is 0 Å². The fourth-order valence-electron chi connectivity index (χ4n) is 2.56. The molecule has 1 aromatic heterocycles. The molecule has 5 heteroatoms. The van der Waals surface area contributed by atoms with E-state index in [9.17, 15) is 4.79 Å². The summed E-state index contributed by atoms with van der Waals surface area (Å²) in [6.45, 7) is 0.667. The van der Waals surface area contributed by atoms with Crippen molar-refractivity contribution in [2.24, 2.45) is 0 Å². The number of rotatable bonds is 3. The molecule has 2 heterocycles. The Bertz CT molecular complexity index is 743. The fraction of sp³-hybridized carbons (Fsp3) is 0.176. The maximum atomic E-state index is 12.7. The molecule has 1 aromatic carbocycles. The number of hydrogen-bond donors (Lipinski definition) is 0. The van der Waals surface area contributed by atoms with Gasteiger partial charge in [0, 0.05) is 29.9 Å². The van der Waals surface area contributed by atoms with Gasteiger partial charge in [-0.3, -0.25) is 4.79 Å². The normalized spacial score (nSPS) is 14.1. The Morgan fingerprint density at radius 3 is 2.86 bits per heavy atom. The zero-order valence-corrected chi connectivity index (χ0v) is 13.3. The van der Waals surface area contributed by atoms with E-state index in [0.29, 0.717) is 23.6 Å². The molecule has 0 radical (unpaired) electrons. The Kier molecular flexibility index (Phi) is 4.46. The topological polar surface area (TPSA) is 33.2 Å². The number of nitrogens with zero attached hydrogens (tertiary/aromatic N) is 2. The van der Waals surface area contributed by atoms with Crippen LogP contribution in [-0.4, -0.2) is 22.3 Å². The summed E-state index contributed by atoms with van der Waals surface area (Å²) in [6.07, 6.45) is 5.18. The second kappa shape index (κ2) is 6.51. The van der Waals surface area contributed by atoms with Gasteiger partial charge in [0.25, 0.3) is 5.91 Å². The predicted octanol–water partition coefficient (Wildman–Crippen LogP) is 4.36. The van der Waals surface area contributed by atoms with Crippen molar-refractivity contribution in [3.63, 3.8) is 0 Å². The highest BCUT2D eigenvalue weighted by Crippen LogP contribution is 2.25. The third-order valence-corrected chi connectivity index (χ3v) is 4.12. The molecule has 0 atom stereocenters. The molecule has 0 saturated carbocycles. The first-order chi connectivity index (χ1) is 10.6. The number of aromatic nitrogens is 1. The summed E-state index contributed by atoms with van der Waals surface area (Å²) in [5.74, 6) is -0.108. The van der Waals surface area contributed by atoms with E-state index in [1.54, 1.807) is 23.2 Å². The fourth-order valence-corrected chi connectivity index (χ4v) is 2.97. The maximum absolute atomic E-state index is 12.7. The van der Waals surface area contributed by atoms with Crippen molar-refractivity contribution in [2.45, 2.75) is 12.8 Å². The number of hydrogen-bond acceptors (Lipinski definition) is 2. The molecule has 3 rings (SSSR count). The van der Waals surface area contributed by atoms with Crippen LogP contribution >= 0.6 is 23.2 Å². The third-order valence-electron chi connectivity index (χ3n) is 3.59. The van der Waals surface area contributed by atoms with Gasteiger partial charge in [-0.1, -0.05) is 41.4 Å². The first-order valence-corrected chi connectivity index (χ1v) is 7.76. The first-order valence-electron chi connectivity index (χ1n) is 7.01. The molecular formula is C17H14Cl2N2O. The minimum atomic E-state index is -0.108.